The third-order valence-electron chi connectivity index (χ3n) is 5.22. The van der Waals surface area contributed by atoms with Crippen LogP contribution in [-0.4, -0.2) is 30.6 Å². The van der Waals surface area contributed by atoms with E-state index in [0.717, 1.165) is 11.8 Å². The maximum atomic E-state index is 3.90. The highest BCUT2D eigenvalue weighted by Gasteiger charge is 2.34. The maximum absolute atomic E-state index is 3.90. The van der Waals surface area contributed by atoms with Crippen LogP contribution in [0.3, 0.4) is 0 Å². The van der Waals surface area contributed by atoms with Crippen LogP contribution in [0.1, 0.15) is 50.8 Å². The molecule has 2 fully saturated rings. The second-order valence-corrected chi connectivity index (χ2v) is 7.47. The largest absolute Gasteiger partial charge is 0.307 e. The van der Waals surface area contributed by atoms with Crippen LogP contribution in [0.4, 0.5) is 0 Å². The monoisotopic (exact) mass is 286 g/mol. The second kappa shape index (κ2) is 6.50. The van der Waals surface area contributed by atoms with Crippen molar-refractivity contribution in [1.29, 1.82) is 0 Å². The van der Waals surface area contributed by atoms with Gasteiger partial charge in [0.25, 0.3) is 0 Å². The lowest BCUT2D eigenvalue weighted by Gasteiger charge is -2.33. The molecule has 4 atom stereocenters. The number of nitrogens with zero attached hydrogens (tertiary/aromatic N) is 1. The molecule has 0 aliphatic carbocycles. The average molecular weight is 286 g/mol. The first-order valence-corrected chi connectivity index (χ1v) is 8.69. The van der Waals surface area contributed by atoms with Crippen molar-refractivity contribution in [3.63, 3.8) is 0 Å². The smallest absolute Gasteiger partial charge is 0.0294 e. The standard InChI is InChI=1S/C19H30N2/c1-14(2)12-16-4-6-17(7-5-16)15(3)20-19-9-11-21-10-8-18(19)13-21/h4-7,14-15,18-20H,8-13H2,1-3H3. The highest BCUT2D eigenvalue weighted by molar-refractivity contribution is 5.25. The van der Waals surface area contributed by atoms with E-state index in [1.807, 2.05) is 0 Å². The summed E-state index contributed by atoms with van der Waals surface area (Å²) in [7, 11) is 0. The Labute approximate surface area is 129 Å². The Bertz CT molecular complexity index is 451. The number of rotatable bonds is 5. The minimum atomic E-state index is 0.468. The Morgan fingerprint density at radius 3 is 2.52 bits per heavy atom. The van der Waals surface area contributed by atoms with E-state index in [4.69, 9.17) is 0 Å². The molecule has 0 aromatic heterocycles. The van der Waals surface area contributed by atoms with E-state index in [2.05, 4.69) is 55.3 Å². The van der Waals surface area contributed by atoms with Gasteiger partial charge in [0, 0.05) is 18.6 Å². The van der Waals surface area contributed by atoms with Crippen LogP contribution in [0.2, 0.25) is 0 Å². The molecule has 4 unspecified atom stereocenters. The minimum absolute atomic E-state index is 0.468. The molecule has 2 saturated heterocycles. The molecule has 1 N–H and O–H groups in total. The summed E-state index contributed by atoms with van der Waals surface area (Å²) in [4.78, 5) is 2.62. The summed E-state index contributed by atoms with van der Waals surface area (Å²) in [6.07, 6.45) is 3.89. The van der Waals surface area contributed by atoms with E-state index in [-0.39, 0.29) is 0 Å². The third-order valence-corrected chi connectivity index (χ3v) is 5.22. The zero-order valence-electron chi connectivity index (χ0n) is 13.8. The molecule has 1 aromatic carbocycles. The van der Waals surface area contributed by atoms with Crippen molar-refractivity contribution in [2.45, 2.75) is 52.1 Å². The SMILES string of the molecule is CC(C)Cc1ccc(C(C)NC2CCN3CCC2C3)cc1. The highest BCUT2D eigenvalue weighted by Crippen LogP contribution is 2.29. The number of nitrogens with one attached hydrogen (secondary N) is 1. The predicted octanol–water partition coefficient (Wildman–Crippen LogP) is 3.63. The van der Waals surface area contributed by atoms with Gasteiger partial charge in [-0.1, -0.05) is 38.1 Å². The molecule has 1 aromatic rings. The fourth-order valence-electron chi connectivity index (χ4n) is 4.00. The molecule has 2 bridgehead atoms. The Hall–Kier alpha value is -0.860. The van der Waals surface area contributed by atoms with Gasteiger partial charge in [0.1, 0.15) is 0 Å². The molecule has 0 saturated carbocycles. The molecule has 21 heavy (non-hydrogen) atoms. The molecule has 116 valence electrons. The highest BCUT2D eigenvalue weighted by atomic mass is 15.2. The lowest BCUT2D eigenvalue weighted by Crippen LogP contribution is -2.44. The molecular formula is C19H30N2. The summed E-state index contributed by atoms with van der Waals surface area (Å²) in [5.41, 5.74) is 2.90. The molecule has 2 heteroatoms. The summed E-state index contributed by atoms with van der Waals surface area (Å²) < 4.78 is 0. The van der Waals surface area contributed by atoms with Gasteiger partial charge in [-0.2, -0.15) is 0 Å². The molecule has 0 spiro atoms. The second-order valence-electron chi connectivity index (χ2n) is 7.47. The lowest BCUT2D eigenvalue weighted by atomic mass is 9.92. The number of hydrogen-bond acceptors (Lipinski definition) is 2. The maximum Gasteiger partial charge on any atom is 0.0294 e. The third kappa shape index (κ3) is 3.67. The van der Waals surface area contributed by atoms with Gasteiger partial charge in [-0.05, 0) is 62.2 Å². The van der Waals surface area contributed by atoms with Gasteiger partial charge in [-0.15, -0.1) is 0 Å². The molecule has 0 amide bonds. The Balaban J connectivity index is 1.58. The van der Waals surface area contributed by atoms with Crippen LogP contribution in [-0.2, 0) is 6.42 Å². The van der Waals surface area contributed by atoms with Crippen molar-refractivity contribution in [3.8, 4) is 0 Å². The summed E-state index contributed by atoms with van der Waals surface area (Å²) in [6.45, 7) is 10.8. The van der Waals surface area contributed by atoms with Crippen molar-refractivity contribution < 1.29 is 0 Å². The zero-order chi connectivity index (χ0) is 14.8. The number of fused-ring (bicyclic) bond motifs is 2. The van der Waals surface area contributed by atoms with Crippen molar-refractivity contribution in [3.05, 3.63) is 35.4 Å². The summed E-state index contributed by atoms with van der Waals surface area (Å²) in [6, 6.07) is 10.4. The quantitative estimate of drug-likeness (QED) is 0.889. The van der Waals surface area contributed by atoms with Crippen LogP contribution in [0.25, 0.3) is 0 Å². The van der Waals surface area contributed by atoms with Gasteiger partial charge in [0.05, 0.1) is 0 Å². The van der Waals surface area contributed by atoms with E-state index in [0.29, 0.717) is 12.1 Å². The number of piperidine rings is 1. The van der Waals surface area contributed by atoms with E-state index in [9.17, 15) is 0 Å². The first-order valence-electron chi connectivity index (χ1n) is 8.69. The van der Waals surface area contributed by atoms with E-state index in [1.54, 1.807) is 0 Å². The van der Waals surface area contributed by atoms with E-state index < -0.39 is 0 Å². The Morgan fingerprint density at radius 2 is 1.81 bits per heavy atom. The van der Waals surface area contributed by atoms with Crippen LogP contribution >= 0.6 is 0 Å². The molecule has 2 aliphatic heterocycles. The molecular weight excluding hydrogens is 256 g/mol. The normalized spacial score (nSPS) is 29.8. The van der Waals surface area contributed by atoms with Crippen LogP contribution in [0, 0.1) is 11.8 Å². The zero-order valence-corrected chi connectivity index (χ0v) is 13.8. The topological polar surface area (TPSA) is 15.3 Å². The number of hydrogen-bond donors (Lipinski definition) is 1. The molecule has 2 heterocycles. The fraction of sp³-hybridized carbons (Fsp3) is 0.684. The van der Waals surface area contributed by atoms with Crippen LogP contribution in [0.15, 0.2) is 24.3 Å². The van der Waals surface area contributed by atoms with Crippen LogP contribution in [0.5, 0.6) is 0 Å². The van der Waals surface area contributed by atoms with Crippen molar-refractivity contribution >= 4 is 0 Å². The van der Waals surface area contributed by atoms with Gasteiger partial charge >= 0.3 is 0 Å². The van der Waals surface area contributed by atoms with Crippen LogP contribution < -0.4 is 5.32 Å². The molecule has 2 aliphatic rings. The Kier molecular flexibility index (Phi) is 4.66. The van der Waals surface area contributed by atoms with Crippen molar-refractivity contribution in [1.82, 2.24) is 10.2 Å². The fourth-order valence-corrected chi connectivity index (χ4v) is 4.00. The first kappa shape index (κ1) is 15.1. The van der Waals surface area contributed by atoms with Gasteiger partial charge in [-0.3, -0.25) is 0 Å². The molecule has 3 rings (SSSR count). The summed E-state index contributed by atoms with van der Waals surface area (Å²) in [5, 5.41) is 3.90. The first-order chi connectivity index (χ1) is 10.1. The molecule has 2 nitrogen and oxygen atoms in total. The minimum Gasteiger partial charge on any atom is -0.307 e. The lowest BCUT2D eigenvalue weighted by molar-refractivity contribution is 0.212. The van der Waals surface area contributed by atoms with Crippen molar-refractivity contribution in [2.24, 2.45) is 11.8 Å². The predicted molar refractivity (Wildman–Crippen MR) is 89.5 cm³/mol. The van der Waals surface area contributed by atoms with E-state index >= 15 is 0 Å². The van der Waals surface area contributed by atoms with Gasteiger partial charge < -0.3 is 10.2 Å². The average Bonchev–Trinajstić information content (AvgIpc) is 2.85. The summed E-state index contributed by atoms with van der Waals surface area (Å²) >= 11 is 0. The summed E-state index contributed by atoms with van der Waals surface area (Å²) in [5.74, 6) is 1.61. The van der Waals surface area contributed by atoms with Crippen molar-refractivity contribution in [2.75, 3.05) is 19.6 Å². The molecule has 0 radical (unpaired) electrons. The van der Waals surface area contributed by atoms with Gasteiger partial charge in [-0.25, -0.2) is 0 Å². The van der Waals surface area contributed by atoms with Gasteiger partial charge in [0.2, 0.25) is 0 Å². The van der Waals surface area contributed by atoms with Gasteiger partial charge in [0.15, 0.2) is 0 Å². The Morgan fingerprint density at radius 1 is 1.10 bits per heavy atom. The van der Waals surface area contributed by atoms with E-state index in [1.165, 1.54) is 50.0 Å². The number of benzene rings is 1.